The maximum Gasteiger partial charge on any atom is 0.195 e. The Morgan fingerprint density at radius 2 is 2.00 bits per heavy atom. The van der Waals surface area contributed by atoms with Gasteiger partial charge in [0.2, 0.25) is 0 Å². The lowest BCUT2D eigenvalue weighted by Gasteiger charge is -2.30. The van der Waals surface area contributed by atoms with Crippen LogP contribution in [0.2, 0.25) is 0 Å². The van der Waals surface area contributed by atoms with Crippen molar-refractivity contribution in [1.82, 2.24) is 5.32 Å². The molecule has 1 aromatic rings. The van der Waals surface area contributed by atoms with Crippen LogP contribution in [0.5, 0.6) is 0 Å². The monoisotopic (exact) mass is 286 g/mol. The summed E-state index contributed by atoms with van der Waals surface area (Å²) in [5.74, 6) is 0.337. The van der Waals surface area contributed by atoms with Gasteiger partial charge in [-0.25, -0.2) is 4.99 Å². The second-order valence-electron chi connectivity index (χ2n) is 5.76. The number of guanidine groups is 1. The van der Waals surface area contributed by atoms with E-state index >= 15 is 0 Å². The zero-order valence-corrected chi connectivity index (χ0v) is 12.3. The lowest BCUT2D eigenvalue weighted by atomic mass is 9.85. The van der Waals surface area contributed by atoms with Crippen molar-refractivity contribution >= 4 is 5.96 Å². The Kier molecular flexibility index (Phi) is 3.47. The lowest BCUT2D eigenvalue weighted by molar-refractivity contribution is 0.125. The Morgan fingerprint density at radius 1 is 1.29 bits per heavy atom. The molecule has 0 amide bonds. The molecule has 1 heterocycles. The van der Waals surface area contributed by atoms with Crippen LogP contribution in [0, 0.1) is 0 Å². The predicted molar refractivity (Wildman–Crippen MR) is 83.6 cm³/mol. The number of benzene rings is 1. The molecule has 5 N–H and O–H groups in total. The predicted octanol–water partition coefficient (Wildman–Crippen LogP) is 1.30. The second-order valence-corrected chi connectivity index (χ2v) is 5.76. The molecule has 1 unspecified atom stereocenters. The van der Waals surface area contributed by atoms with Crippen LogP contribution in [0.4, 0.5) is 0 Å². The van der Waals surface area contributed by atoms with Crippen molar-refractivity contribution in [3.63, 3.8) is 0 Å². The SMILES string of the molecule is CCOCC1(c2ccccc2C2(N)C=CNC(N)=N2)CC1. The van der Waals surface area contributed by atoms with Gasteiger partial charge in [-0.1, -0.05) is 24.3 Å². The quantitative estimate of drug-likeness (QED) is 0.761. The number of hydrogen-bond donors (Lipinski definition) is 3. The van der Waals surface area contributed by atoms with Gasteiger partial charge in [0.15, 0.2) is 11.6 Å². The molecule has 3 rings (SSSR count). The number of hydrogen-bond acceptors (Lipinski definition) is 5. The first-order valence-corrected chi connectivity index (χ1v) is 7.36. The number of rotatable bonds is 5. The van der Waals surface area contributed by atoms with Crippen LogP contribution in [-0.4, -0.2) is 19.2 Å². The lowest BCUT2D eigenvalue weighted by Crippen LogP contribution is -2.43. The number of nitrogens with two attached hydrogens (primary N) is 2. The molecule has 112 valence electrons. The summed E-state index contributed by atoms with van der Waals surface area (Å²) in [5, 5.41) is 2.86. The van der Waals surface area contributed by atoms with Gasteiger partial charge in [0, 0.05) is 23.8 Å². The first-order chi connectivity index (χ1) is 10.1. The van der Waals surface area contributed by atoms with E-state index in [0.29, 0.717) is 5.96 Å². The zero-order chi connectivity index (χ0) is 14.9. The fourth-order valence-electron chi connectivity index (χ4n) is 2.91. The number of nitrogens with one attached hydrogen (secondary N) is 1. The van der Waals surface area contributed by atoms with Crippen LogP contribution in [0.1, 0.15) is 30.9 Å². The van der Waals surface area contributed by atoms with E-state index in [1.165, 1.54) is 5.56 Å². The van der Waals surface area contributed by atoms with Crippen molar-refractivity contribution in [2.75, 3.05) is 13.2 Å². The Bertz CT molecular complexity index is 592. The normalized spacial score (nSPS) is 26.1. The molecule has 0 aromatic heterocycles. The van der Waals surface area contributed by atoms with Crippen molar-refractivity contribution in [2.24, 2.45) is 16.5 Å². The third kappa shape index (κ3) is 2.54. The van der Waals surface area contributed by atoms with Crippen LogP contribution in [-0.2, 0) is 15.8 Å². The van der Waals surface area contributed by atoms with Gasteiger partial charge >= 0.3 is 0 Å². The minimum atomic E-state index is -0.909. The Hall–Kier alpha value is -1.85. The number of aliphatic imine (C=N–C) groups is 1. The van der Waals surface area contributed by atoms with Crippen molar-refractivity contribution in [1.29, 1.82) is 0 Å². The van der Waals surface area contributed by atoms with Gasteiger partial charge in [-0.15, -0.1) is 0 Å². The first-order valence-electron chi connectivity index (χ1n) is 7.36. The Morgan fingerprint density at radius 3 is 2.62 bits per heavy atom. The van der Waals surface area contributed by atoms with Crippen LogP contribution in [0.15, 0.2) is 41.5 Å². The number of nitrogens with zero attached hydrogens (tertiary/aromatic N) is 1. The van der Waals surface area contributed by atoms with Crippen LogP contribution in [0.3, 0.4) is 0 Å². The maximum atomic E-state index is 6.49. The summed E-state index contributed by atoms with van der Waals surface area (Å²) in [6.07, 6.45) is 5.85. The highest BCUT2D eigenvalue weighted by Gasteiger charge is 2.47. The van der Waals surface area contributed by atoms with Gasteiger partial charge in [-0.3, -0.25) is 5.73 Å². The van der Waals surface area contributed by atoms with E-state index in [2.05, 4.69) is 16.4 Å². The van der Waals surface area contributed by atoms with Gasteiger partial charge in [0.05, 0.1) is 6.61 Å². The van der Waals surface area contributed by atoms with E-state index in [0.717, 1.165) is 31.6 Å². The third-order valence-electron chi connectivity index (χ3n) is 4.24. The van der Waals surface area contributed by atoms with Crippen molar-refractivity contribution in [3.05, 3.63) is 47.7 Å². The molecule has 1 atom stereocenters. The van der Waals surface area contributed by atoms with Gasteiger partial charge in [0.25, 0.3) is 0 Å². The molecular formula is C16H22N4O. The minimum absolute atomic E-state index is 0.0853. The number of ether oxygens (including phenoxy) is 1. The Balaban J connectivity index is 2.01. The average Bonchev–Trinajstić information content (AvgIpc) is 3.26. The molecule has 1 aliphatic heterocycles. The highest BCUT2D eigenvalue weighted by molar-refractivity contribution is 5.80. The summed E-state index contributed by atoms with van der Waals surface area (Å²) in [6, 6.07) is 8.21. The fraction of sp³-hybridized carbons (Fsp3) is 0.438. The standard InChI is InChI=1S/C16H22N4O/c1-2-21-11-15(7-8-15)12-5-3-4-6-13(12)16(18)9-10-19-14(17)20-16/h3-6,9-10H,2,7-8,11,18H2,1H3,(H3,17,19,20). The van der Waals surface area contributed by atoms with E-state index in [9.17, 15) is 0 Å². The van der Waals surface area contributed by atoms with Crippen molar-refractivity contribution in [2.45, 2.75) is 30.8 Å². The summed E-state index contributed by atoms with van der Waals surface area (Å²) >= 11 is 0. The topological polar surface area (TPSA) is 85.7 Å². The fourth-order valence-corrected chi connectivity index (χ4v) is 2.91. The highest BCUT2D eigenvalue weighted by Crippen LogP contribution is 2.51. The third-order valence-corrected chi connectivity index (χ3v) is 4.24. The minimum Gasteiger partial charge on any atom is -0.381 e. The largest absolute Gasteiger partial charge is 0.381 e. The molecule has 1 fully saturated rings. The van der Waals surface area contributed by atoms with Crippen molar-refractivity contribution < 1.29 is 4.74 Å². The zero-order valence-electron chi connectivity index (χ0n) is 12.3. The molecule has 2 aliphatic rings. The molecule has 0 radical (unpaired) electrons. The second kappa shape index (κ2) is 5.16. The molecule has 5 heteroatoms. The smallest absolute Gasteiger partial charge is 0.195 e. The van der Waals surface area contributed by atoms with Crippen LogP contribution in [0.25, 0.3) is 0 Å². The van der Waals surface area contributed by atoms with E-state index in [-0.39, 0.29) is 5.41 Å². The van der Waals surface area contributed by atoms with Gasteiger partial charge in [0.1, 0.15) is 0 Å². The van der Waals surface area contributed by atoms with E-state index in [4.69, 9.17) is 16.2 Å². The summed E-state index contributed by atoms with van der Waals surface area (Å²) in [4.78, 5) is 4.40. The van der Waals surface area contributed by atoms with E-state index in [1.54, 1.807) is 6.20 Å². The molecule has 5 nitrogen and oxygen atoms in total. The first kappa shape index (κ1) is 14.1. The van der Waals surface area contributed by atoms with E-state index in [1.807, 2.05) is 31.2 Å². The molecule has 1 aromatic carbocycles. The van der Waals surface area contributed by atoms with Crippen molar-refractivity contribution in [3.8, 4) is 0 Å². The van der Waals surface area contributed by atoms with Crippen LogP contribution >= 0.6 is 0 Å². The van der Waals surface area contributed by atoms with Gasteiger partial charge < -0.3 is 15.8 Å². The van der Waals surface area contributed by atoms with Gasteiger partial charge in [-0.2, -0.15) is 0 Å². The summed E-state index contributed by atoms with van der Waals surface area (Å²) in [7, 11) is 0. The van der Waals surface area contributed by atoms with E-state index < -0.39 is 5.66 Å². The summed E-state index contributed by atoms with van der Waals surface area (Å²) in [5.41, 5.74) is 13.7. The molecule has 0 bridgehead atoms. The molecule has 1 aliphatic carbocycles. The molecular weight excluding hydrogens is 264 g/mol. The molecule has 0 spiro atoms. The van der Waals surface area contributed by atoms with Gasteiger partial charge in [-0.05, 0) is 31.4 Å². The average molecular weight is 286 g/mol. The molecule has 21 heavy (non-hydrogen) atoms. The summed E-state index contributed by atoms with van der Waals surface area (Å²) < 4.78 is 5.68. The Labute approximate surface area is 125 Å². The summed E-state index contributed by atoms with van der Waals surface area (Å²) in [6.45, 7) is 3.48. The van der Waals surface area contributed by atoms with Crippen LogP contribution < -0.4 is 16.8 Å². The highest BCUT2D eigenvalue weighted by atomic mass is 16.5. The maximum absolute atomic E-state index is 6.49. The molecule has 1 saturated carbocycles. The molecule has 0 saturated heterocycles.